The maximum Gasteiger partial charge on any atom is 0.247 e. The molecule has 40 heavy (non-hydrogen) atoms. The van der Waals surface area contributed by atoms with Crippen LogP contribution in [0.3, 0.4) is 0 Å². The van der Waals surface area contributed by atoms with E-state index in [2.05, 4.69) is 93.8 Å². The Morgan fingerprint density at radius 2 is 0.950 bits per heavy atom. The zero-order valence-electron chi connectivity index (χ0n) is 25.5. The Balaban J connectivity index is 1.32. The molecule has 0 N–H and O–H groups in total. The van der Waals surface area contributed by atoms with Crippen LogP contribution < -0.4 is 0 Å². The number of rotatable bonds is 8. The van der Waals surface area contributed by atoms with Crippen LogP contribution in [0.25, 0.3) is 12.2 Å². The summed E-state index contributed by atoms with van der Waals surface area (Å²) in [6, 6.07) is 18.1. The summed E-state index contributed by atoms with van der Waals surface area (Å²) in [4.78, 5) is 0. The molecular weight excluding hydrogens is 521 g/mol. The summed E-state index contributed by atoms with van der Waals surface area (Å²) in [6.45, 7) is 12.4. The van der Waals surface area contributed by atoms with Gasteiger partial charge in [0.2, 0.25) is 16.6 Å². The SMILES string of the molecule is CC(C1C(O[Si](C)(C)C2CCCCC2)=Cc2ccccc21)C1C(O[Si](C)(C)C2CCCCC2)=Cc2ccccc21. The van der Waals surface area contributed by atoms with Gasteiger partial charge in [0, 0.05) is 11.8 Å². The van der Waals surface area contributed by atoms with Gasteiger partial charge in [0.1, 0.15) is 0 Å². The molecule has 214 valence electrons. The standard InChI is InChI=1S/C36H50O2Si2/c1-26(35-31-22-14-12-16-27(31)24-33(35)37-39(2,3)29-18-8-6-9-19-29)36-32-23-15-13-17-28(32)25-34(36)38-40(4,5)30-20-10-7-11-21-30/h12-17,22-26,29-30,35-36H,6-11,18-21H2,1-5H3. The molecular formula is C36H50O2Si2. The number of fused-ring (bicyclic) bond motifs is 2. The average Bonchev–Trinajstić information content (AvgIpc) is 3.50. The van der Waals surface area contributed by atoms with Crippen LogP contribution >= 0.6 is 0 Å². The van der Waals surface area contributed by atoms with Crippen LogP contribution in [0.5, 0.6) is 0 Å². The van der Waals surface area contributed by atoms with Crippen molar-refractivity contribution in [3.63, 3.8) is 0 Å². The van der Waals surface area contributed by atoms with Gasteiger partial charge >= 0.3 is 0 Å². The van der Waals surface area contributed by atoms with Crippen molar-refractivity contribution in [3.8, 4) is 0 Å². The lowest BCUT2D eigenvalue weighted by atomic mass is 9.77. The van der Waals surface area contributed by atoms with E-state index >= 15 is 0 Å². The van der Waals surface area contributed by atoms with Gasteiger partial charge in [-0.3, -0.25) is 0 Å². The predicted molar refractivity (Wildman–Crippen MR) is 174 cm³/mol. The summed E-state index contributed by atoms with van der Waals surface area (Å²) in [5, 5.41) is 0. The molecule has 2 unspecified atom stereocenters. The van der Waals surface area contributed by atoms with Crippen LogP contribution in [0, 0.1) is 5.92 Å². The van der Waals surface area contributed by atoms with E-state index in [1.54, 1.807) is 0 Å². The van der Waals surface area contributed by atoms with Gasteiger partial charge in [-0.1, -0.05) is 94.0 Å². The molecule has 4 aliphatic carbocycles. The fourth-order valence-electron chi connectivity index (χ4n) is 8.48. The Kier molecular flexibility index (Phi) is 7.95. The van der Waals surface area contributed by atoms with Gasteiger partial charge in [0.15, 0.2) is 0 Å². The van der Waals surface area contributed by atoms with Crippen LogP contribution in [-0.2, 0) is 8.85 Å². The molecule has 6 rings (SSSR count). The highest BCUT2D eigenvalue weighted by Crippen LogP contribution is 2.54. The van der Waals surface area contributed by atoms with Crippen molar-refractivity contribution in [2.75, 3.05) is 0 Å². The third-order valence-corrected chi connectivity index (χ3v) is 17.5. The van der Waals surface area contributed by atoms with E-state index in [4.69, 9.17) is 8.85 Å². The first-order valence-corrected chi connectivity index (χ1v) is 22.2. The summed E-state index contributed by atoms with van der Waals surface area (Å²) in [5.74, 6) is 3.31. The van der Waals surface area contributed by atoms with Crippen LogP contribution in [0.4, 0.5) is 0 Å². The molecule has 0 amide bonds. The number of allylic oxidation sites excluding steroid dienone is 2. The Morgan fingerprint density at radius 1 is 0.575 bits per heavy atom. The van der Waals surface area contributed by atoms with E-state index in [9.17, 15) is 0 Å². The summed E-state index contributed by atoms with van der Waals surface area (Å²) in [7, 11) is -3.78. The third kappa shape index (κ3) is 5.43. The molecule has 2 atom stereocenters. The zero-order chi connectivity index (χ0) is 27.9. The molecule has 2 saturated carbocycles. The first-order valence-electron chi connectivity index (χ1n) is 16.2. The molecule has 0 aromatic heterocycles. The fourth-order valence-corrected chi connectivity index (χ4v) is 14.0. The summed E-state index contributed by atoms with van der Waals surface area (Å²) in [6.07, 6.45) is 18.4. The van der Waals surface area contributed by atoms with Crippen molar-refractivity contribution in [1.82, 2.24) is 0 Å². The van der Waals surface area contributed by atoms with Gasteiger partial charge in [-0.2, -0.15) is 0 Å². The summed E-state index contributed by atoms with van der Waals surface area (Å²) >= 11 is 0. The Morgan fingerprint density at radius 3 is 1.35 bits per heavy atom. The molecule has 0 saturated heterocycles. The highest BCUT2D eigenvalue weighted by molar-refractivity contribution is 6.73. The van der Waals surface area contributed by atoms with Gasteiger partial charge in [0.25, 0.3) is 0 Å². The quantitative estimate of drug-likeness (QED) is 0.294. The maximum absolute atomic E-state index is 7.28. The van der Waals surface area contributed by atoms with Crippen LogP contribution in [0.2, 0.25) is 37.3 Å². The van der Waals surface area contributed by atoms with Crippen LogP contribution in [0.1, 0.15) is 105 Å². The van der Waals surface area contributed by atoms with Gasteiger partial charge in [-0.05, 0) is 103 Å². The molecule has 2 aromatic rings. The van der Waals surface area contributed by atoms with Crippen molar-refractivity contribution in [2.45, 2.75) is 120 Å². The average molecular weight is 571 g/mol. The monoisotopic (exact) mass is 570 g/mol. The van der Waals surface area contributed by atoms with Crippen molar-refractivity contribution >= 4 is 28.8 Å². The number of benzene rings is 2. The molecule has 0 bridgehead atoms. The van der Waals surface area contributed by atoms with E-state index < -0.39 is 16.6 Å². The van der Waals surface area contributed by atoms with Crippen molar-refractivity contribution in [3.05, 3.63) is 82.3 Å². The minimum atomic E-state index is -1.89. The van der Waals surface area contributed by atoms with Crippen molar-refractivity contribution < 1.29 is 8.85 Å². The van der Waals surface area contributed by atoms with E-state index in [1.807, 2.05) is 0 Å². The Hall–Kier alpha value is -2.05. The largest absolute Gasteiger partial charge is 0.546 e. The molecule has 2 aromatic carbocycles. The molecule has 0 aliphatic heterocycles. The highest BCUT2D eigenvalue weighted by atomic mass is 28.4. The zero-order valence-corrected chi connectivity index (χ0v) is 27.5. The van der Waals surface area contributed by atoms with Gasteiger partial charge in [0.05, 0.1) is 11.5 Å². The summed E-state index contributed by atoms with van der Waals surface area (Å²) < 4.78 is 14.6. The lowest BCUT2D eigenvalue weighted by Gasteiger charge is -2.40. The minimum absolute atomic E-state index is 0.259. The first kappa shape index (κ1) is 28.1. The Bertz CT molecular complexity index is 1170. The second-order valence-corrected chi connectivity index (χ2v) is 22.7. The minimum Gasteiger partial charge on any atom is -0.546 e. The Labute approximate surface area is 245 Å². The fraction of sp³-hybridized carbons (Fsp3) is 0.556. The normalized spacial score (nSPS) is 24.6. The van der Waals surface area contributed by atoms with Crippen molar-refractivity contribution in [2.24, 2.45) is 5.92 Å². The van der Waals surface area contributed by atoms with Crippen molar-refractivity contribution in [1.29, 1.82) is 0 Å². The smallest absolute Gasteiger partial charge is 0.247 e. The van der Waals surface area contributed by atoms with Crippen LogP contribution in [0.15, 0.2) is 60.0 Å². The molecule has 2 fully saturated rings. The van der Waals surface area contributed by atoms with E-state index in [-0.39, 0.29) is 11.8 Å². The van der Waals surface area contributed by atoms with E-state index in [0.29, 0.717) is 5.92 Å². The molecule has 4 aliphatic rings. The van der Waals surface area contributed by atoms with Gasteiger partial charge < -0.3 is 8.85 Å². The highest BCUT2D eigenvalue weighted by Gasteiger charge is 2.46. The second-order valence-electron chi connectivity index (χ2n) is 14.2. The lowest BCUT2D eigenvalue weighted by Crippen LogP contribution is -2.39. The van der Waals surface area contributed by atoms with Gasteiger partial charge in [-0.25, -0.2) is 0 Å². The van der Waals surface area contributed by atoms with Gasteiger partial charge in [-0.15, -0.1) is 0 Å². The first-order chi connectivity index (χ1) is 19.2. The number of hydrogen-bond donors (Lipinski definition) is 0. The molecule has 2 nitrogen and oxygen atoms in total. The number of hydrogen-bond acceptors (Lipinski definition) is 2. The maximum atomic E-state index is 7.28. The molecule has 0 radical (unpaired) electrons. The molecule has 4 heteroatoms. The third-order valence-electron chi connectivity index (χ3n) is 10.9. The lowest BCUT2D eigenvalue weighted by molar-refractivity contribution is 0.277. The van der Waals surface area contributed by atoms with E-state index in [0.717, 1.165) is 11.1 Å². The topological polar surface area (TPSA) is 18.5 Å². The predicted octanol–water partition coefficient (Wildman–Crippen LogP) is 11.0. The summed E-state index contributed by atoms with van der Waals surface area (Å²) in [5.41, 5.74) is 7.08. The van der Waals surface area contributed by atoms with E-state index in [1.165, 1.54) is 98.0 Å². The molecule has 0 heterocycles. The van der Waals surface area contributed by atoms with Crippen LogP contribution in [-0.4, -0.2) is 16.6 Å². The second kappa shape index (κ2) is 11.3. The molecule has 0 spiro atoms.